The normalized spacial score (nSPS) is 19.8. The van der Waals surface area contributed by atoms with E-state index in [0.29, 0.717) is 25.6 Å². The highest BCUT2D eigenvalue weighted by atomic mass is 32.2. The number of piperazine rings is 1. The number of nitrogens with zero attached hydrogens (tertiary/aromatic N) is 3. The maximum absolute atomic E-state index is 13.5. The Kier molecular flexibility index (Phi) is 6.76. The van der Waals surface area contributed by atoms with Crippen LogP contribution < -0.4 is 0 Å². The lowest BCUT2D eigenvalue weighted by atomic mass is 10.1. The summed E-state index contributed by atoms with van der Waals surface area (Å²) in [7, 11) is -3.99. The van der Waals surface area contributed by atoms with E-state index in [4.69, 9.17) is 0 Å². The Labute approximate surface area is 191 Å². The second-order valence-corrected chi connectivity index (χ2v) is 10.2. The highest BCUT2D eigenvalue weighted by Crippen LogP contribution is 2.24. The monoisotopic (exact) mass is 477 g/mol. The number of carbonyl (C=O) groups is 2. The third-order valence-electron chi connectivity index (χ3n) is 6.16. The first-order chi connectivity index (χ1) is 15.8. The number of likely N-dealkylation sites (tertiary alicyclic amines) is 1. The van der Waals surface area contributed by atoms with Crippen LogP contribution in [0.15, 0.2) is 53.4 Å². The van der Waals surface area contributed by atoms with Crippen molar-refractivity contribution in [2.75, 3.05) is 39.3 Å². The highest BCUT2D eigenvalue weighted by Gasteiger charge is 2.38. The van der Waals surface area contributed by atoms with E-state index in [0.717, 1.165) is 22.0 Å². The minimum Gasteiger partial charge on any atom is -0.342 e. The summed E-state index contributed by atoms with van der Waals surface area (Å²) in [5.41, 5.74) is 1.12. The molecule has 176 valence electrons. The number of benzene rings is 2. The van der Waals surface area contributed by atoms with E-state index in [1.54, 1.807) is 9.80 Å². The summed E-state index contributed by atoms with van der Waals surface area (Å²) < 4.78 is 53.3. The van der Waals surface area contributed by atoms with Gasteiger partial charge in [-0.3, -0.25) is 9.59 Å². The van der Waals surface area contributed by atoms with Crippen molar-refractivity contribution in [2.24, 2.45) is 5.92 Å². The van der Waals surface area contributed by atoms with Crippen LogP contribution in [0.4, 0.5) is 8.78 Å². The minimum atomic E-state index is -3.99. The van der Waals surface area contributed by atoms with Crippen molar-refractivity contribution < 1.29 is 26.8 Å². The summed E-state index contributed by atoms with van der Waals surface area (Å²) in [5, 5.41) is 0. The Balaban J connectivity index is 1.32. The number of carbonyl (C=O) groups excluding carboxylic acids is 2. The van der Waals surface area contributed by atoms with Crippen molar-refractivity contribution in [3.8, 4) is 0 Å². The lowest BCUT2D eigenvalue weighted by molar-refractivity contribution is -0.137. The summed E-state index contributed by atoms with van der Waals surface area (Å²) in [5.74, 6) is -3.00. The first-order valence-electron chi connectivity index (χ1n) is 10.8. The molecule has 4 rings (SSSR count). The fourth-order valence-electron chi connectivity index (χ4n) is 4.26. The van der Waals surface area contributed by atoms with Gasteiger partial charge in [-0.05, 0) is 30.2 Å². The van der Waals surface area contributed by atoms with Gasteiger partial charge in [-0.1, -0.05) is 30.3 Å². The molecule has 0 unspecified atom stereocenters. The Hall–Kier alpha value is -2.85. The van der Waals surface area contributed by atoms with Crippen molar-refractivity contribution in [1.29, 1.82) is 0 Å². The van der Waals surface area contributed by atoms with Gasteiger partial charge in [-0.25, -0.2) is 17.2 Å². The van der Waals surface area contributed by atoms with E-state index in [9.17, 15) is 26.8 Å². The zero-order valence-corrected chi connectivity index (χ0v) is 18.8. The zero-order chi connectivity index (χ0) is 23.6. The standard InChI is InChI=1S/C23H25F2N3O4S/c24-20-7-6-19(15-21(20)25)33(31,32)28-12-10-26(11-13-28)23(30)18-14-22(29)27(16-18)9-8-17-4-2-1-3-5-17/h1-7,15,18H,8-14,16H2/t18-/m0/s1. The van der Waals surface area contributed by atoms with Gasteiger partial charge in [0, 0.05) is 45.7 Å². The molecule has 0 N–H and O–H groups in total. The maximum atomic E-state index is 13.5. The summed E-state index contributed by atoms with van der Waals surface area (Å²) in [4.78, 5) is 28.3. The molecule has 33 heavy (non-hydrogen) atoms. The van der Waals surface area contributed by atoms with Gasteiger partial charge in [-0.2, -0.15) is 4.31 Å². The summed E-state index contributed by atoms with van der Waals surface area (Å²) in [6.07, 6.45) is 0.870. The van der Waals surface area contributed by atoms with Crippen LogP contribution in [0.5, 0.6) is 0 Å². The van der Waals surface area contributed by atoms with E-state index >= 15 is 0 Å². The summed E-state index contributed by atoms with van der Waals surface area (Å²) >= 11 is 0. The van der Waals surface area contributed by atoms with Crippen LogP contribution in [0.3, 0.4) is 0 Å². The van der Waals surface area contributed by atoms with Crippen LogP contribution in [0.25, 0.3) is 0 Å². The largest absolute Gasteiger partial charge is 0.342 e. The molecule has 2 fully saturated rings. The van der Waals surface area contributed by atoms with Crippen molar-refractivity contribution in [3.63, 3.8) is 0 Å². The fourth-order valence-corrected chi connectivity index (χ4v) is 5.69. The first-order valence-corrected chi connectivity index (χ1v) is 12.3. The number of rotatable bonds is 6. The van der Waals surface area contributed by atoms with Crippen molar-refractivity contribution >= 4 is 21.8 Å². The molecule has 2 heterocycles. The first kappa shape index (κ1) is 23.3. The van der Waals surface area contributed by atoms with Gasteiger partial charge in [0.1, 0.15) is 0 Å². The van der Waals surface area contributed by atoms with Gasteiger partial charge in [0.2, 0.25) is 21.8 Å². The lowest BCUT2D eigenvalue weighted by Gasteiger charge is -2.35. The minimum absolute atomic E-state index is 0.0471. The average Bonchev–Trinajstić information content (AvgIpc) is 3.20. The smallest absolute Gasteiger partial charge is 0.243 e. The molecular weight excluding hydrogens is 452 g/mol. The molecule has 2 aromatic carbocycles. The Morgan fingerprint density at radius 1 is 0.970 bits per heavy atom. The van der Waals surface area contributed by atoms with Crippen LogP contribution in [-0.2, 0) is 26.0 Å². The number of hydrogen-bond donors (Lipinski definition) is 0. The van der Waals surface area contributed by atoms with E-state index in [2.05, 4.69) is 0 Å². The third kappa shape index (κ3) is 5.06. The Morgan fingerprint density at radius 2 is 1.67 bits per heavy atom. The molecule has 2 aromatic rings. The molecule has 0 radical (unpaired) electrons. The van der Waals surface area contributed by atoms with Gasteiger partial charge in [0.25, 0.3) is 0 Å². The number of hydrogen-bond acceptors (Lipinski definition) is 4. The van der Waals surface area contributed by atoms with Gasteiger partial charge in [0.15, 0.2) is 11.6 Å². The number of sulfonamides is 1. The van der Waals surface area contributed by atoms with E-state index < -0.39 is 27.6 Å². The van der Waals surface area contributed by atoms with Gasteiger partial charge in [-0.15, -0.1) is 0 Å². The molecule has 0 aromatic heterocycles. The van der Waals surface area contributed by atoms with Crippen molar-refractivity contribution in [1.82, 2.24) is 14.1 Å². The Bertz CT molecular complexity index is 1140. The second kappa shape index (κ2) is 9.56. The van der Waals surface area contributed by atoms with Crippen molar-refractivity contribution in [3.05, 3.63) is 65.7 Å². The molecule has 2 aliphatic rings. The SMILES string of the molecule is O=C1C[C@H](C(=O)N2CCN(S(=O)(=O)c3ccc(F)c(F)c3)CC2)CN1CCc1ccccc1. The van der Waals surface area contributed by atoms with E-state index in [-0.39, 0.29) is 49.3 Å². The molecule has 0 saturated carbocycles. The molecule has 0 bridgehead atoms. The molecule has 7 nitrogen and oxygen atoms in total. The maximum Gasteiger partial charge on any atom is 0.243 e. The summed E-state index contributed by atoms with van der Waals surface area (Å²) in [6, 6.07) is 12.3. The molecule has 1 atom stereocenters. The molecule has 2 aliphatic heterocycles. The van der Waals surface area contributed by atoms with Gasteiger partial charge in [0.05, 0.1) is 10.8 Å². The van der Waals surface area contributed by atoms with Crippen LogP contribution in [0, 0.1) is 17.6 Å². The van der Waals surface area contributed by atoms with Crippen LogP contribution in [0.2, 0.25) is 0 Å². The number of halogens is 2. The van der Waals surface area contributed by atoms with Gasteiger partial charge >= 0.3 is 0 Å². The third-order valence-corrected chi connectivity index (χ3v) is 8.05. The summed E-state index contributed by atoms with van der Waals surface area (Å²) in [6.45, 7) is 1.36. The van der Waals surface area contributed by atoms with Crippen LogP contribution >= 0.6 is 0 Å². The average molecular weight is 478 g/mol. The second-order valence-electron chi connectivity index (χ2n) is 8.28. The predicted octanol–water partition coefficient (Wildman–Crippen LogP) is 1.89. The molecule has 10 heteroatoms. The Morgan fingerprint density at radius 3 is 2.33 bits per heavy atom. The highest BCUT2D eigenvalue weighted by molar-refractivity contribution is 7.89. The molecule has 0 aliphatic carbocycles. The van der Waals surface area contributed by atoms with Crippen molar-refractivity contribution in [2.45, 2.75) is 17.7 Å². The predicted molar refractivity (Wildman–Crippen MR) is 117 cm³/mol. The van der Waals surface area contributed by atoms with E-state index in [1.807, 2.05) is 30.3 Å². The van der Waals surface area contributed by atoms with Gasteiger partial charge < -0.3 is 9.80 Å². The molecule has 2 amide bonds. The van der Waals surface area contributed by atoms with Crippen LogP contribution in [-0.4, -0.2) is 73.6 Å². The topological polar surface area (TPSA) is 78.0 Å². The van der Waals surface area contributed by atoms with Crippen LogP contribution in [0.1, 0.15) is 12.0 Å². The lowest BCUT2D eigenvalue weighted by Crippen LogP contribution is -2.52. The fraction of sp³-hybridized carbons (Fsp3) is 0.391. The quantitative estimate of drug-likeness (QED) is 0.637. The molecule has 2 saturated heterocycles. The molecule has 0 spiro atoms. The molecular formula is C23H25F2N3O4S. The zero-order valence-electron chi connectivity index (χ0n) is 18.0. The number of amides is 2. The van der Waals surface area contributed by atoms with E-state index in [1.165, 1.54) is 0 Å².